The first kappa shape index (κ1) is 13.2. The Kier molecular flexibility index (Phi) is 4.69. The van der Waals surface area contributed by atoms with Crippen molar-refractivity contribution < 1.29 is 14.7 Å². The number of aliphatic carboxylic acids is 1. The topological polar surface area (TPSA) is 66.4 Å². The van der Waals surface area contributed by atoms with E-state index in [2.05, 4.69) is 5.32 Å². The van der Waals surface area contributed by atoms with Crippen LogP contribution in [0.15, 0.2) is 24.3 Å². The Morgan fingerprint density at radius 1 is 1.29 bits per heavy atom. The van der Waals surface area contributed by atoms with Crippen LogP contribution in [0.2, 0.25) is 0 Å². The van der Waals surface area contributed by atoms with E-state index in [1.165, 1.54) is 0 Å². The Labute approximate surface area is 101 Å². The number of rotatable bonds is 5. The second kappa shape index (κ2) is 6.03. The third kappa shape index (κ3) is 4.26. The smallest absolute Gasteiger partial charge is 0.305 e. The molecule has 2 N–H and O–H groups in total. The van der Waals surface area contributed by atoms with Crippen molar-refractivity contribution in [2.45, 2.75) is 32.7 Å². The van der Waals surface area contributed by atoms with Crippen LogP contribution >= 0.6 is 0 Å². The SMILES string of the molecule is CCC(=O)NC(CC(=O)O)c1ccc(C)cc1. The van der Waals surface area contributed by atoms with Gasteiger partial charge in [0.1, 0.15) is 0 Å². The van der Waals surface area contributed by atoms with Gasteiger partial charge in [0.15, 0.2) is 0 Å². The van der Waals surface area contributed by atoms with Gasteiger partial charge in [0.05, 0.1) is 12.5 Å². The summed E-state index contributed by atoms with van der Waals surface area (Å²) in [5.74, 6) is -1.07. The summed E-state index contributed by atoms with van der Waals surface area (Å²) in [7, 11) is 0. The number of carboxylic acid groups (broad SMARTS) is 1. The summed E-state index contributed by atoms with van der Waals surface area (Å²) in [5.41, 5.74) is 1.92. The first-order valence-electron chi connectivity index (χ1n) is 5.60. The minimum absolute atomic E-state index is 0.102. The number of carboxylic acids is 1. The van der Waals surface area contributed by atoms with E-state index in [1.54, 1.807) is 6.92 Å². The molecule has 0 aliphatic heterocycles. The minimum Gasteiger partial charge on any atom is -0.481 e. The van der Waals surface area contributed by atoms with Crippen molar-refractivity contribution in [3.05, 3.63) is 35.4 Å². The predicted octanol–water partition coefficient (Wildman–Crippen LogP) is 2.04. The van der Waals surface area contributed by atoms with E-state index in [0.29, 0.717) is 6.42 Å². The molecule has 0 spiro atoms. The maximum Gasteiger partial charge on any atom is 0.305 e. The molecule has 0 saturated carbocycles. The largest absolute Gasteiger partial charge is 0.481 e. The number of aryl methyl sites for hydroxylation is 1. The molecule has 0 aliphatic carbocycles. The Bertz CT molecular complexity index is 398. The summed E-state index contributed by atoms with van der Waals surface area (Å²) in [6, 6.07) is 7.04. The van der Waals surface area contributed by atoms with Crippen molar-refractivity contribution in [1.82, 2.24) is 5.32 Å². The molecule has 1 unspecified atom stereocenters. The molecule has 0 saturated heterocycles. The van der Waals surface area contributed by atoms with Crippen LogP contribution in [0.25, 0.3) is 0 Å². The van der Waals surface area contributed by atoms with Gasteiger partial charge >= 0.3 is 5.97 Å². The monoisotopic (exact) mass is 235 g/mol. The third-order valence-corrected chi connectivity index (χ3v) is 2.51. The highest BCUT2D eigenvalue weighted by molar-refractivity contribution is 5.77. The van der Waals surface area contributed by atoms with Gasteiger partial charge in [-0.25, -0.2) is 0 Å². The van der Waals surface area contributed by atoms with Crippen LogP contribution < -0.4 is 5.32 Å². The van der Waals surface area contributed by atoms with Crippen LogP contribution in [0.4, 0.5) is 0 Å². The highest BCUT2D eigenvalue weighted by atomic mass is 16.4. The highest BCUT2D eigenvalue weighted by Gasteiger charge is 2.16. The molecule has 0 bridgehead atoms. The second-order valence-corrected chi connectivity index (χ2v) is 3.98. The fraction of sp³-hybridized carbons (Fsp3) is 0.385. The van der Waals surface area contributed by atoms with E-state index in [4.69, 9.17) is 5.11 Å². The third-order valence-electron chi connectivity index (χ3n) is 2.51. The van der Waals surface area contributed by atoms with Crippen molar-refractivity contribution in [3.63, 3.8) is 0 Å². The van der Waals surface area contributed by atoms with Gasteiger partial charge in [-0.15, -0.1) is 0 Å². The lowest BCUT2D eigenvalue weighted by Crippen LogP contribution is -2.29. The Hall–Kier alpha value is -1.84. The molecular formula is C13H17NO3. The zero-order valence-corrected chi connectivity index (χ0v) is 10.1. The van der Waals surface area contributed by atoms with E-state index < -0.39 is 12.0 Å². The molecule has 1 atom stereocenters. The van der Waals surface area contributed by atoms with E-state index in [1.807, 2.05) is 31.2 Å². The Balaban J connectivity index is 2.85. The Morgan fingerprint density at radius 3 is 2.35 bits per heavy atom. The van der Waals surface area contributed by atoms with E-state index >= 15 is 0 Å². The normalized spacial score (nSPS) is 11.9. The number of amides is 1. The van der Waals surface area contributed by atoms with Gasteiger partial charge in [-0.2, -0.15) is 0 Å². The maximum absolute atomic E-state index is 11.3. The number of carbonyl (C=O) groups excluding carboxylic acids is 1. The number of nitrogens with one attached hydrogen (secondary N) is 1. The van der Waals surface area contributed by atoms with Gasteiger partial charge in [-0.05, 0) is 12.5 Å². The van der Waals surface area contributed by atoms with Crippen LogP contribution in [-0.2, 0) is 9.59 Å². The number of hydrogen-bond donors (Lipinski definition) is 2. The van der Waals surface area contributed by atoms with Crippen molar-refractivity contribution in [1.29, 1.82) is 0 Å². The number of carbonyl (C=O) groups is 2. The lowest BCUT2D eigenvalue weighted by Gasteiger charge is -2.17. The summed E-state index contributed by atoms with van der Waals surface area (Å²) >= 11 is 0. The van der Waals surface area contributed by atoms with E-state index in [9.17, 15) is 9.59 Å². The van der Waals surface area contributed by atoms with E-state index in [0.717, 1.165) is 11.1 Å². The van der Waals surface area contributed by atoms with E-state index in [-0.39, 0.29) is 12.3 Å². The van der Waals surface area contributed by atoms with Gasteiger partial charge in [0.2, 0.25) is 5.91 Å². The summed E-state index contributed by atoms with van der Waals surface area (Å²) in [6.45, 7) is 3.70. The fourth-order valence-electron chi connectivity index (χ4n) is 1.52. The van der Waals surface area contributed by atoms with Crippen molar-refractivity contribution in [2.75, 3.05) is 0 Å². The van der Waals surface area contributed by atoms with Gasteiger partial charge in [-0.3, -0.25) is 9.59 Å². The van der Waals surface area contributed by atoms with Crippen LogP contribution in [0.5, 0.6) is 0 Å². The van der Waals surface area contributed by atoms with Crippen molar-refractivity contribution in [2.24, 2.45) is 0 Å². The highest BCUT2D eigenvalue weighted by Crippen LogP contribution is 2.17. The summed E-state index contributed by atoms with van der Waals surface area (Å²) in [6.07, 6.45) is 0.247. The van der Waals surface area contributed by atoms with Crippen molar-refractivity contribution >= 4 is 11.9 Å². The van der Waals surface area contributed by atoms with Crippen LogP contribution in [0.1, 0.15) is 36.9 Å². The second-order valence-electron chi connectivity index (χ2n) is 3.98. The first-order chi connectivity index (χ1) is 8.02. The van der Waals surface area contributed by atoms with Gasteiger partial charge in [-0.1, -0.05) is 36.8 Å². The molecule has 0 aromatic heterocycles. The molecule has 1 aromatic rings. The molecule has 17 heavy (non-hydrogen) atoms. The predicted molar refractivity (Wildman–Crippen MR) is 64.6 cm³/mol. The molecule has 1 amide bonds. The van der Waals surface area contributed by atoms with Crippen LogP contribution in [0, 0.1) is 6.92 Å². The molecule has 92 valence electrons. The summed E-state index contributed by atoms with van der Waals surface area (Å²) in [4.78, 5) is 22.1. The number of benzene rings is 1. The molecular weight excluding hydrogens is 218 g/mol. The lowest BCUT2D eigenvalue weighted by molar-refractivity contribution is -0.137. The zero-order valence-electron chi connectivity index (χ0n) is 10.1. The molecule has 1 aromatic carbocycles. The summed E-state index contributed by atoms with van der Waals surface area (Å²) in [5, 5.41) is 11.5. The molecule has 0 fully saturated rings. The average Bonchev–Trinajstić information content (AvgIpc) is 2.28. The molecule has 4 heteroatoms. The minimum atomic E-state index is -0.924. The molecule has 4 nitrogen and oxygen atoms in total. The lowest BCUT2D eigenvalue weighted by atomic mass is 10.0. The van der Waals surface area contributed by atoms with Crippen molar-refractivity contribution in [3.8, 4) is 0 Å². The Morgan fingerprint density at radius 2 is 1.88 bits per heavy atom. The molecule has 1 rings (SSSR count). The molecule has 0 radical (unpaired) electrons. The quantitative estimate of drug-likeness (QED) is 0.820. The molecule has 0 aliphatic rings. The van der Waals surface area contributed by atoms with Crippen LogP contribution in [-0.4, -0.2) is 17.0 Å². The summed E-state index contributed by atoms with van der Waals surface area (Å²) < 4.78 is 0. The number of hydrogen-bond acceptors (Lipinski definition) is 2. The average molecular weight is 235 g/mol. The molecule has 0 heterocycles. The fourth-order valence-corrected chi connectivity index (χ4v) is 1.52. The maximum atomic E-state index is 11.3. The van der Waals surface area contributed by atoms with Gasteiger partial charge in [0, 0.05) is 6.42 Å². The van der Waals surface area contributed by atoms with Gasteiger partial charge in [0.25, 0.3) is 0 Å². The first-order valence-corrected chi connectivity index (χ1v) is 5.60. The van der Waals surface area contributed by atoms with Crippen LogP contribution in [0.3, 0.4) is 0 Å². The standard InChI is InChI=1S/C13H17NO3/c1-3-12(15)14-11(8-13(16)17)10-6-4-9(2)5-7-10/h4-7,11H,3,8H2,1-2H3,(H,14,15)(H,16,17). The zero-order chi connectivity index (χ0) is 12.8. The van der Waals surface area contributed by atoms with Gasteiger partial charge < -0.3 is 10.4 Å².